The van der Waals surface area contributed by atoms with Gasteiger partial charge >= 0.3 is 23.9 Å². The molecule has 18 heteroatoms. The molecule has 4 unspecified atom stereocenters. The molecule has 1 aliphatic carbocycles. The second-order valence-electron chi connectivity index (χ2n) is 33.5. The van der Waals surface area contributed by atoms with Crippen LogP contribution in [0.5, 0.6) is 23.0 Å². The van der Waals surface area contributed by atoms with Crippen molar-refractivity contribution < 1.29 is 76.0 Å². The number of hydrogen-bond acceptors (Lipinski definition) is 18. The third-order valence-corrected chi connectivity index (χ3v) is 21.8. The molecule has 0 N–H and O–H groups in total. The summed E-state index contributed by atoms with van der Waals surface area (Å²) in [5.41, 5.74) is 11.0. The standard InChI is InChI=1S/C21H28O2S.C20H28O2S.C18H24O5.C17H26O3.C16H22O2.C15H20O2/c1-16(2)18-10-12-19(13-11-18)22-14-20(23-17(3)4)15-24-21-8-6-5-7-9-21;1-15(2)17-9-11-18(12-10-17)21-13-19(22-16(3)4)14-23-20-7-5-6-8-20;1-4-17(19)22-11-5-6-18(20)23-13-12-21-16-9-7-15(8-10-16)14(2)3;1-12(2)14-5-7-15(8-6-14)19-11-17(13(3)4)20-10-16-9-18-16;1-12(2)15-9-7-14(8-10-15)6-5-11-18-16(17)13(3)4;1-4-15(16)17-11-5-6-13-7-9-14(10-8-13)12(2)3/h5-13,16-17,20H,14-15H2,1-4H3;5,7-12,15-16,19H,6,13-14H2,1-4H3;4,7-10,14H,1,5-6,11-13H2,2-3H3;5-8,12-13,16-17H,9-11H2,1-4H3;7-10,12H,3,5-6,11H2,1-2,4H3;4,7-10,12H,1,5-6,11H2,2-3H3. The van der Waals surface area contributed by atoms with Gasteiger partial charge in [-0.25, -0.2) is 14.4 Å². The predicted molar refractivity (Wildman–Crippen MR) is 516 cm³/mol. The van der Waals surface area contributed by atoms with Crippen LogP contribution in [0.25, 0.3) is 0 Å². The number of thioether (sulfide) groups is 2. The summed E-state index contributed by atoms with van der Waals surface area (Å²) < 4.78 is 66.1. The first kappa shape index (κ1) is 108. The second kappa shape index (κ2) is 62.9. The van der Waals surface area contributed by atoms with Crippen LogP contribution < -0.4 is 18.9 Å². The molecule has 0 saturated carbocycles. The number of hydrogen-bond donors (Lipinski definition) is 0. The van der Waals surface area contributed by atoms with E-state index in [0.717, 1.165) is 79.3 Å². The predicted octanol–water partition coefficient (Wildman–Crippen LogP) is 25.5. The van der Waals surface area contributed by atoms with Crippen molar-refractivity contribution in [2.45, 2.75) is 254 Å². The number of esters is 4. The van der Waals surface area contributed by atoms with Gasteiger partial charge in [0, 0.05) is 45.5 Å². The highest BCUT2D eigenvalue weighted by atomic mass is 32.2. The van der Waals surface area contributed by atoms with Crippen molar-refractivity contribution in [3.05, 3.63) is 281 Å². The normalized spacial score (nSPS) is 13.1. The molecular weight excluding hydrogens is 1610 g/mol. The van der Waals surface area contributed by atoms with Crippen LogP contribution in [0.15, 0.2) is 241 Å². The van der Waals surface area contributed by atoms with Gasteiger partial charge in [0.15, 0.2) is 0 Å². The van der Waals surface area contributed by atoms with Gasteiger partial charge in [0.1, 0.15) is 74.3 Å². The van der Waals surface area contributed by atoms with Gasteiger partial charge in [-0.15, -0.1) is 23.5 Å². The Morgan fingerprint density at radius 1 is 0.440 bits per heavy atom. The summed E-state index contributed by atoms with van der Waals surface area (Å²) in [4.78, 5) is 46.8. The zero-order valence-corrected chi connectivity index (χ0v) is 80.2. The maximum Gasteiger partial charge on any atom is 0.333 e. The van der Waals surface area contributed by atoms with Gasteiger partial charge in [-0.3, -0.25) is 4.79 Å². The number of carbonyl (C=O) groups excluding carboxylic acids is 4. The maximum atomic E-state index is 11.4. The van der Waals surface area contributed by atoms with Gasteiger partial charge in [0.25, 0.3) is 0 Å². The summed E-state index contributed by atoms with van der Waals surface area (Å²) >= 11 is 3.65. The Morgan fingerprint density at radius 2 is 0.816 bits per heavy atom. The highest BCUT2D eigenvalue weighted by Crippen LogP contribution is 2.29. The SMILES string of the molecule is C=C(C)C(=O)OCCCc1ccc(C(C)C)cc1.C=CC(=O)OCCCC(=O)OCCOc1ccc(C(C)C)cc1.C=CC(=O)OCCCc1ccc(C(C)C)cc1.CC(C)OC(COc1ccc(C(C)C)cc1)CSC1=CCC=C1.CC(C)OC(COc1ccc(C(C)C)cc1)CSc1ccccc1.CC(C)c1ccc(OCC(OCC2CO2)C(C)C)cc1. The molecule has 1 saturated heterocycles. The summed E-state index contributed by atoms with van der Waals surface area (Å²) in [7, 11) is 0. The zero-order valence-electron chi connectivity index (χ0n) is 78.5. The van der Waals surface area contributed by atoms with Crippen molar-refractivity contribution in [3.63, 3.8) is 0 Å². The lowest BCUT2D eigenvalue weighted by Crippen LogP contribution is -2.28. The summed E-state index contributed by atoms with van der Waals surface area (Å²) in [6.45, 7) is 55.5. The molecule has 7 aromatic carbocycles. The van der Waals surface area contributed by atoms with Crippen LogP contribution in [0.3, 0.4) is 0 Å². The number of rotatable bonds is 48. The lowest BCUT2D eigenvalue weighted by Gasteiger charge is -2.21. The lowest BCUT2D eigenvalue weighted by molar-refractivity contribution is -0.146. The van der Waals surface area contributed by atoms with Gasteiger partial charge in [0.2, 0.25) is 0 Å². The fourth-order valence-electron chi connectivity index (χ4n) is 11.7. The topological polar surface area (TPSA) is 182 Å². The Kier molecular flexibility index (Phi) is 54.4. The molecule has 0 radical (unpaired) electrons. The fourth-order valence-corrected chi connectivity index (χ4v) is 13.6. The van der Waals surface area contributed by atoms with Crippen LogP contribution in [0.1, 0.15) is 244 Å². The smallest absolute Gasteiger partial charge is 0.333 e. The number of allylic oxidation sites excluding steroid dienone is 3. The van der Waals surface area contributed by atoms with Crippen molar-refractivity contribution in [1.82, 2.24) is 0 Å². The third-order valence-electron chi connectivity index (χ3n) is 19.5. The maximum absolute atomic E-state index is 11.4. The summed E-state index contributed by atoms with van der Waals surface area (Å²) in [5.74, 6) is 7.49. The Hall–Kier alpha value is -9.14. The summed E-state index contributed by atoms with van der Waals surface area (Å²) in [6, 6.07) is 60.6. The molecule has 16 nitrogen and oxygen atoms in total. The largest absolute Gasteiger partial charge is 0.491 e. The third kappa shape index (κ3) is 50.1. The van der Waals surface area contributed by atoms with E-state index < -0.39 is 5.97 Å². The first-order chi connectivity index (χ1) is 59.8. The molecule has 125 heavy (non-hydrogen) atoms. The second-order valence-corrected chi connectivity index (χ2v) is 35.7. The quantitative estimate of drug-likeness (QED) is 0.00876. The molecule has 0 amide bonds. The minimum Gasteiger partial charge on any atom is -0.491 e. The first-order valence-electron chi connectivity index (χ1n) is 44.7. The van der Waals surface area contributed by atoms with E-state index in [1.165, 1.54) is 60.4 Å². The van der Waals surface area contributed by atoms with Crippen molar-refractivity contribution in [2.24, 2.45) is 5.92 Å². The molecule has 0 bridgehead atoms. The molecule has 1 fully saturated rings. The number of ether oxygens (including phenoxy) is 12. The van der Waals surface area contributed by atoms with Crippen LogP contribution in [-0.2, 0) is 69.9 Å². The highest BCUT2D eigenvalue weighted by molar-refractivity contribution is 8.03. The van der Waals surface area contributed by atoms with E-state index in [4.69, 9.17) is 56.8 Å². The fraction of sp³-hybridized carbons (Fsp3) is 0.477. The van der Waals surface area contributed by atoms with Crippen LogP contribution in [-0.4, -0.2) is 138 Å². The summed E-state index contributed by atoms with van der Waals surface area (Å²) in [5, 5.41) is 0. The molecule has 0 spiro atoms. The van der Waals surface area contributed by atoms with Crippen molar-refractivity contribution in [2.75, 3.05) is 77.6 Å². The zero-order chi connectivity index (χ0) is 91.9. The minimum atomic E-state index is -0.491. The number of epoxide rings is 1. The lowest BCUT2D eigenvalue weighted by atomic mass is 10.0. The van der Waals surface area contributed by atoms with Crippen molar-refractivity contribution in [3.8, 4) is 23.0 Å². The molecule has 2 aliphatic rings. The molecule has 7 aromatic rings. The average molecular weight is 1750 g/mol. The molecule has 1 heterocycles. The highest BCUT2D eigenvalue weighted by Gasteiger charge is 2.26. The molecule has 9 rings (SSSR count). The van der Waals surface area contributed by atoms with Crippen molar-refractivity contribution >= 4 is 47.4 Å². The van der Waals surface area contributed by atoms with Gasteiger partial charge in [0.05, 0.1) is 51.3 Å². The number of aryl methyl sites for hydroxylation is 2. The van der Waals surface area contributed by atoms with E-state index in [0.29, 0.717) is 106 Å². The molecule has 4 atom stereocenters. The van der Waals surface area contributed by atoms with Crippen molar-refractivity contribution in [1.29, 1.82) is 0 Å². The molecule has 1 aliphatic heterocycles. The number of benzene rings is 7. The van der Waals surface area contributed by atoms with E-state index in [2.05, 4.69) is 284 Å². The Bertz CT molecular complexity index is 4160. The Balaban J connectivity index is 0.000000316. The van der Waals surface area contributed by atoms with Crippen LogP contribution in [0.4, 0.5) is 0 Å². The average Bonchev–Trinajstić information content (AvgIpc) is 1.73. The molecule has 0 aromatic heterocycles. The minimum absolute atomic E-state index is 0.0694. The van der Waals surface area contributed by atoms with E-state index in [9.17, 15) is 19.2 Å². The number of carbonyl (C=O) groups is 4. The Labute approximate surface area is 759 Å². The van der Waals surface area contributed by atoms with Gasteiger partial charge in [-0.2, -0.15) is 0 Å². The van der Waals surface area contributed by atoms with Gasteiger partial charge in [-0.1, -0.05) is 250 Å². The van der Waals surface area contributed by atoms with Gasteiger partial charge in [-0.05, 0) is 220 Å². The van der Waals surface area contributed by atoms with Crippen LogP contribution in [0.2, 0.25) is 0 Å². The summed E-state index contributed by atoms with van der Waals surface area (Å²) in [6.07, 6.45) is 15.1. The van der Waals surface area contributed by atoms with E-state index in [1.54, 1.807) is 6.92 Å². The molecule has 684 valence electrons. The Morgan fingerprint density at radius 3 is 1.18 bits per heavy atom. The monoisotopic (exact) mass is 1750 g/mol. The van der Waals surface area contributed by atoms with E-state index in [-0.39, 0.29) is 68.1 Å². The van der Waals surface area contributed by atoms with E-state index in [1.807, 2.05) is 78.1 Å². The first-order valence-corrected chi connectivity index (χ1v) is 46.6. The van der Waals surface area contributed by atoms with E-state index >= 15 is 0 Å². The van der Waals surface area contributed by atoms with Gasteiger partial charge < -0.3 is 56.8 Å². The van der Waals surface area contributed by atoms with Crippen LogP contribution >= 0.6 is 23.5 Å². The van der Waals surface area contributed by atoms with Crippen LogP contribution in [0, 0.1) is 5.92 Å². The molecular formula is C107H148O16S2.